The summed E-state index contributed by atoms with van der Waals surface area (Å²) in [5.41, 5.74) is -0.489. The Labute approximate surface area is 133 Å². The third-order valence-corrected chi connectivity index (χ3v) is 4.59. The van der Waals surface area contributed by atoms with Gasteiger partial charge in [-0.1, -0.05) is 38.2 Å². The zero-order valence-corrected chi connectivity index (χ0v) is 14.1. The van der Waals surface area contributed by atoms with Crippen LogP contribution in [0.4, 0.5) is 6.01 Å². The molecule has 0 aliphatic carbocycles. The SMILES string of the molecule is CCCCC(CC)CNc1nnc(C2(OC)CCOCC2)o1. The van der Waals surface area contributed by atoms with Crippen molar-refractivity contribution in [1.82, 2.24) is 10.2 Å². The monoisotopic (exact) mass is 311 g/mol. The number of nitrogens with one attached hydrogen (secondary N) is 1. The van der Waals surface area contributed by atoms with Gasteiger partial charge in [0.2, 0.25) is 5.89 Å². The summed E-state index contributed by atoms with van der Waals surface area (Å²) >= 11 is 0. The molecule has 0 bridgehead atoms. The number of hydrogen-bond acceptors (Lipinski definition) is 6. The molecule has 0 amide bonds. The lowest BCUT2D eigenvalue weighted by molar-refractivity contribution is -0.109. The molecule has 126 valence electrons. The fourth-order valence-electron chi connectivity index (χ4n) is 2.86. The third-order valence-electron chi connectivity index (χ3n) is 4.59. The fraction of sp³-hybridized carbons (Fsp3) is 0.875. The summed E-state index contributed by atoms with van der Waals surface area (Å²) in [4.78, 5) is 0. The average molecular weight is 311 g/mol. The van der Waals surface area contributed by atoms with Crippen molar-refractivity contribution in [1.29, 1.82) is 0 Å². The number of unbranched alkanes of at least 4 members (excludes halogenated alkanes) is 1. The Balaban J connectivity index is 1.93. The second-order valence-corrected chi connectivity index (χ2v) is 6.02. The summed E-state index contributed by atoms with van der Waals surface area (Å²) in [6.07, 6.45) is 6.40. The smallest absolute Gasteiger partial charge is 0.315 e. The minimum absolute atomic E-state index is 0.489. The van der Waals surface area contributed by atoms with Crippen LogP contribution in [0.2, 0.25) is 0 Å². The Hall–Kier alpha value is -1.14. The second kappa shape index (κ2) is 8.48. The van der Waals surface area contributed by atoms with E-state index in [0.717, 1.165) is 25.8 Å². The molecule has 0 saturated carbocycles. The van der Waals surface area contributed by atoms with Gasteiger partial charge in [-0.3, -0.25) is 0 Å². The first-order valence-electron chi connectivity index (χ1n) is 8.44. The highest BCUT2D eigenvalue weighted by Crippen LogP contribution is 2.35. The average Bonchev–Trinajstić information content (AvgIpc) is 3.05. The van der Waals surface area contributed by atoms with Gasteiger partial charge in [0.1, 0.15) is 5.60 Å². The minimum atomic E-state index is -0.489. The van der Waals surface area contributed by atoms with Crippen LogP contribution in [-0.4, -0.2) is 37.1 Å². The Kier molecular flexibility index (Phi) is 6.64. The Bertz CT molecular complexity index is 430. The largest absolute Gasteiger partial charge is 0.405 e. The van der Waals surface area contributed by atoms with Gasteiger partial charge in [-0.25, -0.2) is 0 Å². The van der Waals surface area contributed by atoms with Crippen LogP contribution in [0.1, 0.15) is 58.3 Å². The summed E-state index contributed by atoms with van der Waals surface area (Å²) in [7, 11) is 1.69. The summed E-state index contributed by atoms with van der Waals surface area (Å²) < 4.78 is 16.9. The molecule has 22 heavy (non-hydrogen) atoms. The van der Waals surface area contributed by atoms with Gasteiger partial charge in [0.25, 0.3) is 0 Å². The van der Waals surface area contributed by atoms with E-state index in [1.165, 1.54) is 19.3 Å². The normalized spacial score (nSPS) is 19.0. The number of aromatic nitrogens is 2. The summed E-state index contributed by atoms with van der Waals surface area (Å²) in [6, 6.07) is 0.493. The number of nitrogens with zero attached hydrogens (tertiary/aromatic N) is 2. The van der Waals surface area contributed by atoms with Gasteiger partial charge in [-0.15, -0.1) is 5.10 Å². The van der Waals surface area contributed by atoms with Crippen molar-refractivity contribution in [3.05, 3.63) is 5.89 Å². The highest BCUT2D eigenvalue weighted by Gasteiger charge is 2.39. The van der Waals surface area contributed by atoms with E-state index in [-0.39, 0.29) is 0 Å². The summed E-state index contributed by atoms with van der Waals surface area (Å²) in [5.74, 6) is 1.21. The molecule has 1 aromatic heterocycles. The number of methoxy groups -OCH3 is 1. The van der Waals surface area contributed by atoms with E-state index in [1.807, 2.05) is 0 Å². The van der Waals surface area contributed by atoms with Gasteiger partial charge in [0.05, 0.1) is 0 Å². The van der Waals surface area contributed by atoms with Crippen LogP contribution in [0.25, 0.3) is 0 Å². The maximum absolute atomic E-state index is 5.80. The molecule has 1 fully saturated rings. The van der Waals surface area contributed by atoms with Gasteiger partial charge in [-0.05, 0) is 12.3 Å². The van der Waals surface area contributed by atoms with Crippen molar-refractivity contribution in [3.63, 3.8) is 0 Å². The van der Waals surface area contributed by atoms with Crippen LogP contribution < -0.4 is 5.32 Å². The van der Waals surface area contributed by atoms with Gasteiger partial charge >= 0.3 is 6.01 Å². The maximum Gasteiger partial charge on any atom is 0.315 e. The van der Waals surface area contributed by atoms with Crippen LogP contribution in [0.5, 0.6) is 0 Å². The van der Waals surface area contributed by atoms with Crippen molar-refractivity contribution in [3.8, 4) is 0 Å². The fourth-order valence-corrected chi connectivity index (χ4v) is 2.86. The van der Waals surface area contributed by atoms with Crippen molar-refractivity contribution in [2.24, 2.45) is 5.92 Å². The van der Waals surface area contributed by atoms with Crippen LogP contribution >= 0.6 is 0 Å². The number of ether oxygens (including phenoxy) is 2. The van der Waals surface area contributed by atoms with Crippen molar-refractivity contribution >= 4 is 6.01 Å². The lowest BCUT2D eigenvalue weighted by atomic mass is 9.94. The predicted octanol–water partition coefficient (Wildman–Crippen LogP) is 3.35. The Morgan fingerprint density at radius 2 is 2.05 bits per heavy atom. The van der Waals surface area contributed by atoms with E-state index < -0.39 is 5.60 Å². The zero-order chi connectivity index (χ0) is 15.8. The van der Waals surface area contributed by atoms with Crippen molar-refractivity contribution in [2.75, 3.05) is 32.2 Å². The molecule has 1 aliphatic rings. The van der Waals surface area contributed by atoms with Crippen LogP contribution in [0.15, 0.2) is 4.42 Å². The first kappa shape index (κ1) is 17.2. The number of rotatable bonds is 9. The lowest BCUT2D eigenvalue weighted by Gasteiger charge is -2.32. The molecule has 1 atom stereocenters. The molecule has 2 heterocycles. The van der Waals surface area contributed by atoms with Crippen LogP contribution in [0, 0.1) is 5.92 Å². The molecule has 6 nitrogen and oxygen atoms in total. The molecule has 0 aromatic carbocycles. The van der Waals surface area contributed by atoms with Gasteiger partial charge in [-0.2, -0.15) is 0 Å². The molecule has 2 rings (SSSR count). The standard InChI is InChI=1S/C16H29N3O3/c1-4-6-7-13(5-2)12-17-15-19-18-14(22-15)16(20-3)8-10-21-11-9-16/h13H,4-12H2,1-3H3,(H,17,19). The zero-order valence-electron chi connectivity index (χ0n) is 14.1. The van der Waals surface area contributed by atoms with Crippen LogP contribution in [0.3, 0.4) is 0 Å². The third kappa shape index (κ3) is 4.20. The van der Waals surface area contributed by atoms with E-state index in [9.17, 15) is 0 Å². The van der Waals surface area contributed by atoms with E-state index in [2.05, 4.69) is 29.4 Å². The van der Waals surface area contributed by atoms with Gasteiger partial charge in [0, 0.05) is 39.7 Å². The lowest BCUT2D eigenvalue weighted by Crippen LogP contribution is -2.36. The highest BCUT2D eigenvalue weighted by atomic mass is 16.5. The molecule has 0 spiro atoms. The molecule has 1 saturated heterocycles. The topological polar surface area (TPSA) is 69.4 Å². The van der Waals surface area contributed by atoms with E-state index >= 15 is 0 Å². The van der Waals surface area contributed by atoms with E-state index in [4.69, 9.17) is 13.9 Å². The molecular weight excluding hydrogens is 282 g/mol. The summed E-state index contributed by atoms with van der Waals surface area (Å²) in [5, 5.41) is 11.6. The predicted molar refractivity (Wildman–Crippen MR) is 84.8 cm³/mol. The van der Waals surface area contributed by atoms with Crippen LogP contribution in [-0.2, 0) is 15.1 Å². The molecule has 6 heteroatoms. The molecular formula is C16H29N3O3. The van der Waals surface area contributed by atoms with E-state index in [0.29, 0.717) is 31.0 Å². The minimum Gasteiger partial charge on any atom is -0.405 e. The molecule has 1 aliphatic heterocycles. The molecule has 1 aromatic rings. The summed E-state index contributed by atoms with van der Waals surface area (Å²) in [6.45, 7) is 6.65. The first-order chi connectivity index (χ1) is 10.7. The quantitative estimate of drug-likeness (QED) is 0.754. The second-order valence-electron chi connectivity index (χ2n) is 6.02. The van der Waals surface area contributed by atoms with Crippen molar-refractivity contribution in [2.45, 2.75) is 58.0 Å². The first-order valence-corrected chi connectivity index (χ1v) is 8.44. The Morgan fingerprint density at radius 3 is 2.68 bits per heavy atom. The molecule has 1 unspecified atom stereocenters. The number of anilines is 1. The van der Waals surface area contributed by atoms with Gasteiger partial charge < -0.3 is 19.2 Å². The highest BCUT2D eigenvalue weighted by molar-refractivity contribution is 5.18. The van der Waals surface area contributed by atoms with E-state index in [1.54, 1.807) is 7.11 Å². The molecule has 0 radical (unpaired) electrons. The van der Waals surface area contributed by atoms with Gasteiger partial charge in [0.15, 0.2) is 0 Å². The molecule has 1 N–H and O–H groups in total. The number of hydrogen-bond donors (Lipinski definition) is 1. The maximum atomic E-state index is 5.80. The van der Waals surface area contributed by atoms with Crippen molar-refractivity contribution < 1.29 is 13.9 Å². The Morgan fingerprint density at radius 1 is 1.27 bits per heavy atom.